The van der Waals surface area contributed by atoms with Crippen molar-refractivity contribution < 1.29 is 9.84 Å². The molecule has 0 spiro atoms. The second kappa shape index (κ2) is 6.35. The van der Waals surface area contributed by atoms with E-state index < -0.39 is 6.10 Å². The van der Waals surface area contributed by atoms with E-state index in [0.717, 1.165) is 18.4 Å². The van der Waals surface area contributed by atoms with Crippen molar-refractivity contribution in [1.82, 2.24) is 0 Å². The van der Waals surface area contributed by atoms with Crippen LogP contribution in [0.15, 0.2) is 24.3 Å². The number of aliphatic hydroxyl groups is 1. The summed E-state index contributed by atoms with van der Waals surface area (Å²) in [7, 11) is 0. The zero-order valence-electron chi connectivity index (χ0n) is 11.4. The summed E-state index contributed by atoms with van der Waals surface area (Å²) in [5.74, 6) is 0.551. The molecule has 18 heavy (non-hydrogen) atoms. The van der Waals surface area contributed by atoms with Crippen LogP contribution in [0.2, 0.25) is 0 Å². The molecule has 2 nitrogen and oxygen atoms in total. The van der Waals surface area contributed by atoms with Crippen LogP contribution in [-0.2, 0) is 11.2 Å². The monoisotopic (exact) mass is 248 g/mol. The minimum atomic E-state index is -0.479. The van der Waals surface area contributed by atoms with Crippen molar-refractivity contribution in [2.75, 3.05) is 6.61 Å². The fraction of sp³-hybridized carbons (Fsp3) is 0.625. The molecule has 2 heteroatoms. The summed E-state index contributed by atoms with van der Waals surface area (Å²) >= 11 is 0. The van der Waals surface area contributed by atoms with Gasteiger partial charge in [-0.1, -0.05) is 37.6 Å². The average Bonchev–Trinajstić information content (AvgIpc) is 3.21. The first-order valence-corrected chi connectivity index (χ1v) is 7.14. The number of hydrogen-bond donors (Lipinski definition) is 1. The molecule has 0 saturated heterocycles. The maximum atomic E-state index is 10.4. The van der Waals surface area contributed by atoms with Crippen LogP contribution in [0, 0.1) is 5.92 Å². The smallest absolute Gasteiger partial charge is 0.105 e. The number of aliphatic hydroxyl groups excluding tert-OH is 1. The van der Waals surface area contributed by atoms with Gasteiger partial charge in [-0.25, -0.2) is 0 Å². The van der Waals surface area contributed by atoms with Crippen LogP contribution in [-0.4, -0.2) is 17.8 Å². The largest absolute Gasteiger partial charge is 0.386 e. The second-order valence-corrected chi connectivity index (χ2v) is 5.19. The second-order valence-electron chi connectivity index (χ2n) is 5.19. The molecule has 0 bridgehead atoms. The first kappa shape index (κ1) is 13.6. The molecular weight excluding hydrogens is 224 g/mol. The summed E-state index contributed by atoms with van der Waals surface area (Å²) in [5, 5.41) is 10.4. The van der Waals surface area contributed by atoms with Gasteiger partial charge < -0.3 is 9.84 Å². The molecule has 1 fully saturated rings. The van der Waals surface area contributed by atoms with E-state index in [-0.39, 0.29) is 6.10 Å². The van der Waals surface area contributed by atoms with E-state index >= 15 is 0 Å². The average molecular weight is 248 g/mol. The third-order valence-electron chi connectivity index (χ3n) is 3.62. The number of ether oxygens (including phenoxy) is 1. The molecule has 100 valence electrons. The van der Waals surface area contributed by atoms with Gasteiger partial charge in [0.2, 0.25) is 0 Å². The van der Waals surface area contributed by atoms with Crippen molar-refractivity contribution in [3.63, 3.8) is 0 Å². The fourth-order valence-corrected chi connectivity index (χ4v) is 2.46. The summed E-state index contributed by atoms with van der Waals surface area (Å²) in [5.41, 5.74) is 2.33. The third-order valence-corrected chi connectivity index (χ3v) is 3.62. The molecule has 0 heterocycles. The highest BCUT2D eigenvalue weighted by atomic mass is 16.5. The molecule has 0 aromatic heterocycles. The highest BCUT2D eigenvalue weighted by Gasteiger charge is 2.37. The van der Waals surface area contributed by atoms with Crippen LogP contribution in [0.25, 0.3) is 0 Å². The van der Waals surface area contributed by atoms with Gasteiger partial charge in [0.05, 0.1) is 6.10 Å². The fourth-order valence-electron chi connectivity index (χ4n) is 2.46. The topological polar surface area (TPSA) is 29.5 Å². The lowest BCUT2D eigenvalue weighted by Crippen LogP contribution is -2.24. The lowest BCUT2D eigenvalue weighted by molar-refractivity contribution is -0.0461. The summed E-state index contributed by atoms with van der Waals surface area (Å²) in [6.07, 6.45) is 4.14. The van der Waals surface area contributed by atoms with E-state index in [0.29, 0.717) is 12.5 Å². The van der Waals surface area contributed by atoms with Crippen molar-refractivity contribution in [3.05, 3.63) is 35.4 Å². The van der Waals surface area contributed by atoms with Gasteiger partial charge in [-0.05, 0) is 43.2 Å². The van der Waals surface area contributed by atoms with E-state index in [2.05, 4.69) is 19.1 Å². The quantitative estimate of drug-likeness (QED) is 0.800. The molecule has 1 aliphatic rings. The Morgan fingerprint density at radius 2 is 1.89 bits per heavy atom. The van der Waals surface area contributed by atoms with Gasteiger partial charge >= 0.3 is 0 Å². The lowest BCUT2D eigenvalue weighted by atomic mass is 9.99. The minimum Gasteiger partial charge on any atom is -0.386 e. The van der Waals surface area contributed by atoms with Crippen LogP contribution < -0.4 is 0 Å². The van der Waals surface area contributed by atoms with Gasteiger partial charge in [0.1, 0.15) is 6.10 Å². The SMILES string of the molecule is CCCc1ccc(C(O)C(OCC)C2CC2)cc1. The minimum absolute atomic E-state index is 0.0213. The number of benzene rings is 1. The molecule has 2 atom stereocenters. The molecule has 0 amide bonds. The molecule has 1 saturated carbocycles. The Hall–Kier alpha value is -0.860. The zero-order valence-corrected chi connectivity index (χ0v) is 11.4. The van der Waals surface area contributed by atoms with Crippen LogP contribution >= 0.6 is 0 Å². The third kappa shape index (κ3) is 3.33. The maximum Gasteiger partial charge on any atom is 0.105 e. The van der Waals surface area contributed by atoms with Gasteiger partial charge in [0.15, 0.2) is 0 Å². The molecule has 2 unspecified atom stereocenters. The van der Waals surface area contributed by atoms with E-state index in [4.69, 9.17) is 4.74 Å². The van der Waals surface area contributed by atoms with Crippen LogP contribution in [0.1, 0.15) is 50.3 Å². The Morgan fingerprint density at radius 3 is 2.39 bits per heavy atom. The highest BCUT2D eigenvalue weighted by Crippen LogP contribution is 2.40. The number of hydrogen-bond acceptors (Lipinski definition) is 2. The van der Waals surface area contributed by atoms with Crippen molar-refractivity contribution in [1.29, 1.82) is 0 Å². The van der Waals surface area contributed by atoms with Gasteiger partial charge in [0.25, 0.3) is 0 Å². The summed E-state index contributed by atoms with van der Waals surface area (Å²) in [6.45, 7) is 4.85. The predicted molar refractivity (Wildman–Crippen MR) is 73.5 cm³/mol. The van der Waals surface area contributed by atoms with Crippen molar-refractivity contribution in [3.8, 4) is 0 Å². The van der Waals surface area contributed by atoms with Crippen molar-refractivity contribution in [2.24, 2.45) is 5.92 Å². The first-order valence-electron chi connectivity index (χ1n) is 7.14. The van der Waals surface area contributed by atoms with E-state index in [1.165, 1.54) is 18.4 Å². The number of aryl methyl sites for hydroxylation is 1. The van der Waals surface area contributed by atoms with Gasteiger partial charge in [-0.15, -0.1) is 0 Å². The Bertz CT molecular complexity index is 354. The molecule has 1 aromatic carbocycles. The summed E-state index contributed by atoms with van der Waals surface area (Å²) in [6, 6.07) is 8.34. The lowest BCUT2D eigenvalue weighted by Gasteiger charge is -2.23. The molecule has 1 N–H and O–H groups in total. The van der Waals surface area contributed by atoms with Gasteiger partial charge in [0, 0.05) is 6.61 Å². The molecule has 1 aliphatic carbocycles. The summed E-state index contributed by atoms with van der Waals surface area (Å²) in [4.78, 5) is 0. The molecule has 1 aromatic rings. The summed E-state index contributed by atoms with van der Waals surface area (Å²) < 4.78 is 5.71. The molecule has 0 radical (unpaired) electrons. The van der Waals surface area contributed by atoms with E-state index in [9.17, 15) is 5.11 Å². The van der Waals surface area contributed by atoms with Gasteiger partial charge in [-0.3, -0.25) is 0 Å². The van der Waals surface area contributed by atoms with Gasteiger partial charge in [-0.2, -0.15) is 0 Å². The standard InChI is InChI=1S/C16H24O2/c1-3-5-12-6-8-13(9-7-12)15(17)16(18-4-2)14-10-11-14/h6-9,14-17H,3-5,10-11H2,1-2H3. The zero-order chi connectivity index (χ0) is 13.0. The maximum absolute atomic E-state index is 10.4. The van der Waals surface area contributed by atoms with Crippen LogP contribution in [0.5, 0.6) is 0 Å². The predicted octanol–water partition coefficient (Wildman–Crippen LogP) is 3.49. The van der Waals surface area contributed by atoms with Crippen LogP contribution in [0.3, 0.4) is 0 Å². The highest BCUT2D eigenvalue weighted by molar-refractivity contribution is 5.25. The molecule has 0 aliphatic heterocycles. The van der Waals surface area contributed by atoms with Crippen molar-refractivity contribution >= 4 is 0 Å². The number of rotatable bonds is 7. The molecular formula is C16H24O2. The van der Waals surface area contributed by atoms with E-state index in [1.807, 2.05) is 19.1 Å². The molecule has 2 rings (SSSR count). The van der Waals surface area contributed by atoms with Crippen molar-refractivity contribution in [2.45, 2.75) is 51.7 Å². The Kier molecular flexibility index (Phi) is 4.79. The Balaban J connectivity index is 2.03. The van der Waals surface area contributed by atoms with Crippen LogP contribution in [0.4, 0.5) is 0 Å². The Morgan fingerprint density at radius 1 is 1.22 bits per heavy atom. The Labute approximate surface area is 110 Å². The normalized spacial score (nSPS) is 18.6. The van der Waals surface area contributed by atoms with E-state index in [1.54, 1.807) is 0 Å². The first-order chi connectivity index (χ1) is 8.76.